The number of anilines is 1. The van der Waals surface area contributed by atoms with Gasteiger partial charge in [-0.25, -0.2) is 5.01 Å². The number of nitrogens with one attached hydrogen (secondary N) is 1. The van der Waals surface area contributed by atoms with Crippen molar-refractivity contribution in [1.29, 1.82) is 0 Å². The molecule has 1 aromatic heterocycles. The molecule has 8 heteroatoms. The molecule has 0 saturated carbocycles. The maximum absolute atomic E-state index is 4.74. The average Bonchev–Trinajstić information content (AvgIpc) is 3.28. The number of benzene rings is 2. The first-order valence-electron chi connectivity index (χ1n) is 8.87. The van der Waals surface area contributed by atoms with Crippen molar-refractivity contribution in [3.8, 4) is 0 Å². The Bertz CT molecular complexity index is 1010. The van der Waals surface area contributed by atoms with E-state index in [4.69, 9.17) is 10.1 Å². The zero-order chi connectivity index (χ0) is 19.5. The molecule has 28 heavy (non-hydrogen) atoms. The third-order valence-electron chi connectivity index (χ3n) is 4.08. The molecule has 0 aliphatic carbocycles. The van der Waals surface area contributed by atoms with Gasteiger partial charge in [-0.3, -0.25) is 0 Å². The molecule has 4 rings (SSSR count). The minimum Gasteiger partial charge on any atom is -0.324 e. The number of guanidine groups is 1. The van der Waals surface area contributed by atoms with Crippen molar-refractivity contribution in [2.75, 3.05) is 5.32 Å². The van der Waals surface area contributed by atoms with Crippen LogP contribution in [0, 0.1) is 13.8 Å². The number of aromatic nitrogens is 2. The highest BCUT2D eigenvalue weighted by Crippen LogP contribution is 2.40. The van der Waals surface area contributed by atoms with Crippen molar-refractivity contribution >= 4 is 44.9 Å². The van der Waals surface area contributed by atoms with Gasteiger partial charge in [0.2, 0.25) is 11.1 Å². The van der Waals surface area contributed by atoms with Gasteiger partial charge in [-0.2, -0.15) is 10.1 Å². The van der Waals surface area contributed by atoms with Gasteiger partial charge >= 0.3 is 0 Å². The quantitative estimate of drug-likeness (QED) is 0.468. The van der Waals surface area contributed by atoms with Crippen molar-refractivity contribution < 1.29 is 0 Å². The number of aryl methyl sites for hydroxylation is 2. The van der Waals surface area contributed by atoms with Gasteiger partial charge in [-0.05, 0) is 38.5 Å². The number of nitrogens with zero attached hydrogens (tertiary/aromatic N) is 5. The zero-order valence-electron chi connectivity index (χ0n) is 15.8. The van der Waals surface area contributed by atoms with Crippen LogP contribution < -0.4 is 5.32 Å². The Kier molecular flexibility index (Phi) is 5.40. The highest BCUT2D eigenvalue weighted by atomic mass is 32.2. The molecule has 1 aliphatic rings. The lowest BCUT2D eigenvalue weighted by atomic mass is 10.1. The predicted molar refractivity (Wildman–Crippen MR) is 118 cm³/mol. The van der Waals surface area contributed by atoms with E-state index in [1.54, 1.807) is 11.8 Å². The van der Waals surface area contributed by atoms with Gasteiger partial charge in [0.05, 0.1) is 5.04 Å². The lowest BCUT2D eigenvalue weighted by Crippen LogP contribution is -2.32. The Hall–Kier alpha value is -2.71. The minimum absolute atomic E-state index is 0.00424. The second-order valence-corrected chi connectivity index (χ2v) is 8.81. The Balaban J connectivity index is 1.72. The summed E-state index contributed by atoms with van der Waals surface area (Å²) >= 11 is 3.16. The van der Waals surface area contributed by atoms with Crippen molar-refractivity contribution in [3.63, 3.8) is 0 Å². The third-order valence-corrected chi connectivity index (χ3v) is 5.93. The van der Waals surface area contributed by atoms with Gasteiger partial charge in [0, 0.05) is 5.69 Å². The summed E-state index contributed by atoms with van der Waals surface area (Å²) in [6, 6.07) is 18.5. The van der Waals surface area contributed by atoms with Crippen molar-refractivity contribution in [2.24, 2.45) is 10.1 Å². The smallest absolute Gasteiger partial charge is 0.234 e. The Labute approximate surface area is 172 Å². The molecule has 3 aromatic rings. The number of hydrogen-bond acceptors (Lipinski definition) is 6. The number of para-hydroxylation sites is 1. The van der Waals surface area contributed by atoms with Crippen LogP contribution in [0.3, 0.4) is 0 Å². The van der Waals surface area contributed by atoms with Gasteiger partial charge in [-0.15, -0.1) is 10.2 Å². The van der Waals surface area contributed by atoms with Gasteiger partial charge in [0.25, 0.3) is 0 Å². The second-order valence-electron chi connectivity index (χ2n) is 6.37. The standard InChI is InChI=1S/C20H20N6S2/c1-13-9-11-16(12-10-13)18-26(25-15(3)27-18)19(21-17-7-5-4-6-8-17)22-20-24-23-14(2)28-20/h4-12,18H,1-3H3,(H,21,22,24)/t18-/m1/s1. The number of hydrogen-bond donors (Lipinski definition) is 1. The van der Waals surface area contributed by atoms with Crippen LogP contribution in [0.2, 0.25) is 0 Å². The number of aliphatic imine (C=N–C) groups is 1. The van der Waals surface area contributed by atoms with E-state index in [-0.39, 0.29) is 5.37 Å². The van der Waals surface area contributed by atoms with Crippen LogP contribution in [0.4, 0.5) is 10.8 Å². The van der Waals surface area contributed by atoms with Crippen LogP contribution in [0.15, 0.2) is 64.7 Å². The highest BCUT2D eigenvalue weighted by molar-refractivity contribution is 8.14. The van der Waals surface area contributed by atoms with Crippen LogP contribution in [-0.4, -0.2) is 26.2 Å². The van der Waals surface area contributed by atoms with Gasteiger partial charge in [0.1, 0.15) is 10.4 Å². The monoisotopic (exact) mass is 408 g/mol. The Morgan fingerprint density at radius 1 is 1.00 bits per heavy atom. The van der Waals surface area contributed by atoms with Crippen LogP contribution in [0.1, 0.15) is 28.4 Å². The summed E-state index contributed by atoms with van der Waals surface area (Å²) in [5.41, 5.74) is 3.35. The third kappa shape index (κ3) is 4.23. The summed E-state index contributed by atoms with van der Waals surface area (Å²) in [5.74, 6) is 0.622. The van der Waals surface area contributed by atoms with E-state index in [1.807, 2.05) is 49.2 Å². The normalized spacial score (nSPS) is 17.0. The Morgan fingerprint density at radius 2 is 1.75 bits per heavy atom. The summed E-state index contributed by atoms with van der Waals surface area (Å²) < 4.78 is 0. The highest BCUT2D eigenvalue weighted by Gasteiger charge is 2.31. The summed E-state index contributed by atoms with van der Waals surface area (Å²) in [4.78, 5) is 4.74. The molecule has 1 atom stereocenters. The lowest BCUT2D eigenvalue weighted by Gasteiger charge is -2.24. The summed E-state index contributed by atoms with van der Waals surface area (Å²) in [6.45, 7) is 6.03. The average molecular weight is 409 g/mol. The van der Waals surface area contributed by atoms with Crippen molar-refractivity contribution in [2.45, 2.75) is 26.1 Å². The van der Waals surface area contributed by atoms with Crippen LogP contribution in [0.5, 0.6) is 0 Å². The SMILES string of the molecule is CC1=NN(C(=Nc2nnc(C)s2)Nc2ccccc2)[C@@H](c2ccc(C)cc2)S1. The maximum atomic E-state index is 4.74. The Morgan fingerprint density at radius 3 is 2.43 bits per heavy atom. The molecule has 0 spiro atoms. The van der Waals surface area contributed by atoms with E-state index in [1.165, 1.54) is 22.5 Å². The summed E-state index contributed by atoms with van der Waals surface area (Å²) in [6.07, 6.45) is 0. The van der Waals surface area contributed by atoms with E-state index in [2.05, 4.69) is 46.7 Å². The molecular formula is C20H20N6S2. The van der Waals surface area contributed by atoms with E-state index >= 15 is 0 Å². The maximum Gasteiger partial charge on any atom is 0.234 e. The molecule has 0 fully saturated rings. The molecule has 0 bridgehead atoms. The second kappa shape index (κ2) is 8.12. The molecule has 142 valence electrons. The first kappa shape index (κ1) is 18.6. The molecule has 2 heterocycles. The van der Waals surface area contributed by atoms with Crippen molar-refractivity contribution in [1.82, 2.24) is 15.2 Å². The van der Waals surface area contributed by atoms with Gasteiger partial charge in [0.15, 0.2) is 0 Å². The molecule has 1 aliphatic heterocycles. The summed E-state index contributed by atoms with van der Waals surface area (Å²) in [5, 5.41) is 20.8. The van der Waals surface area contributed by atoms with E-state index in [9.17, 15) is 0 Å². The topological polar surface area (TPSA) is 65.8 Å². The molecule has 0 saturated heterocycles. The molecule has 0 radical (unpaired) electrons. The fourth-order valence-electron chi connectivity index (χ4n) is 2.75. The molecule has 0 amide bonds. The summed E-state index contributed by atoms with van der Waals surface area (Å²) in [7, 11) is 0. The molecule has 2 aromatic carbocycles. The molecule has 6 nitrogen and oxygen atoms in total. The van der Waals surface area contributed by atoms with Gasteiger partial charge in [-0.1, -0.05) is 71.1 Å². The van der Waals surface area contributed by atoms with E-state index in [0.29, 0.717) is 11.1 Å². The lowest BCUT2D eigenvalue weighted by molar-refractivity contribution is 0.438. The fraction of sp³-hybridized carbons (Fsp3) is 0.200. The molecule has 1 N–H and O–H groups in total. The van der Waals surface area contributed by atoms with E-state index in [0.717, 1.165) is 15.7 Å². The van der Waals surface area contributed by atoms with Crippen molar-refractivity contribution in [3.05, 3.63) is 70.7 Å². The zero-order valence-corrected chi connectivity index (χ0v) is 17.5. The van der Waals surface area contributed by atoms with E-state index < -0.39 is 0 Å². The number of thioether (sulfide) groups is 1. The first-order valence-corrected chi connectivity index (χ1v) is 10.6. The van der Waals surface area contributed by atoms with Crippen LogP contribution >= 0.6 is 23.1 Å². The minimum atomic E-state index is 0.00424. The van der Waals surface area contributed by atoms with Gasteiger partial charge < -0.3 is 5.32 Å². The van der Waals surface area contributed by atoms with Crippen LogP contribution in [0.25, 0.3) is 0 Å². The van der Waals surface area contributed by atoms with Crippen LogP contribution in [-0.2, 0) is 0 Å². The largest absolute Gasteiger partial charge is 0.324 e. The molecule has 0 unspecified atom stereocenters. The number of rotatable bonds is 3. The number of hydrazone groups is 1. The first-order chi connectivity index (χ1) is 13.6. The fourth-order valence-corrected chi connectivity index (χ4v) is 4.30. The predicted octanol–water partition coefficient (Wildman–Crippen LogP) is 5.34. The molecular weight excluding hydrogens is 388 g/mol.